The number of nitrogens with zero attached hydrogens (tertiary/aromatic N) is 3. The van der Waals surface area contributed by atoms with Crippen LogP contribution >= 0.6 is 0 Å². The molecule has 15 rings (SSSR count). The molecule has 14 aromatic rings. The second-order valence-corrected chi connectivity index (χ2v) is 29.5. The fourth-order valence-corrected chi connectivity index (χ4v) is 14.5. The third-order valence-corrected chi connectivity index (χ3v) is 20.4. The Kier molecular flexibility index (Phi) is 22.0. The third kappa shape index (κ3) is 16.9. The average Bonchev–Trinajstić information content (AvgIpc) is 1.70. The highest BCUT2D eigenvalue weighted by Crippen LogP contribution is 2.31. The predicted octanol–water partition coefficient (Wildman–Crippen LogP) is 8.63. The number of nitrogens with one attached hydrogen (secondary N) is 8. The number of aryl methyl sites for hydroxylation is 2. The lowest BCUT2D eigenvalue weighted by molar-refractivity contribution is -0.861. The average molecular weight is 1440 g/mol. The third-order valence-electron chi connectivity index (χ3n) is 17.5. The Labute approximate surface area is 596 Å². The van der Waals surface area contributed by atoms with Crippen LogP contribution in [0.4, 0.5) is 15.8 Å². The van der Waals surface area contributed by atoms with Gasteiger partial charge in [0.15, 0.2) is 6.54 Å². The Morgan fingerprint density at radius 1 is 0.476 bits per heavy atom. The summed E-state index contributed by atoms with van der Waals surface area (Å²) in [6.45, 7) is 7.53. The second kappa shape index (κ2) is 31.0. The highest BCUT2D eigenvalue weighted by atomic mass is 35.5. The van der Waals surface area contributed by atoms with Crippen molar-refractivity contribution < 1.29 is 47.7 Å². The van der Waals surface area contributed by atoms with E-state index in [2.05, 4.69) is 49.9 Å². The van der Waals surface area contributed by atoms with Crippen LogP contribution in [0.3, 0.4) is 0 Å². The van der Waals surface area contributed by atoms with Gasteiger partial charge in [-0.05, 0) is 193 Å². The molecule has 0 spiro atoms. The maximum absolute atomic E-state index is 13.4. The molecule has 0 radical (unpaired) electrons. The van der Waals surface area contributed by atoms with Gasteiger partial charge in [0.05, 0.1) is 30.9 Å². The van der Waals surface area contributed by atoms with Crippen LogP contribution in [0.1, 0.15) is 39.9 Å². The molecule has 1 aliphatic heterocycles. The van der Waals surface area contributed by atoms with Gasteiger partial charge in [0.2, 0.25) is 20.0 Å². The SMILES string of the molecule is Cc1cc2[nH]c(=O)c3ccccc3c2cc1NC(=O)C[N+](C)(C)C.Cc1cc2[nH]c(=O)c3ccccc3c2cc1NC(=O)c1cccc(F)c1.O=c1[nH]c2ccc(S(=O)(=O)NCCN3CCCC3)cc2c2ccccc12.O=c1[nH]c2ccc(S(=O)(=O)NCc3ccncc3)cc2c2ccccc12.[Cl-]. The standard InChI is InChI=1S/C21H15FN2O2.C19H21N3O3S.C19H15N3O3S.C19H21N3O2.ClH/c1-12-9-19-17(15-7-2-3-8-16(15)21(26)24-19)11-18(12)23-20(25)13-5-4-6-14(22)10-13;23-19-16-6-2-1-5-15(16)17-13-14(7-8-18(17)21-19)26(24,25)20-9-12-22-10-3-4-11-22;23-19-16-4-2-1-3-15(16)17-11-14(5-6-18(17)22-19)26(24,25)21-12-13-7-9-20-10-8-13;1-12-9-17-15(10-16(12)20-18(23)11-22(2,3)4)13-7-5-6-8-14(13)19(24)21-17;/h2-11H,1H3,(H,23,25)(H,24,26);1-2,5-8,13,20H,3-4,9-12H2,(H,21,23);1-11,21H,12H2,(H,22,23);5-10H,11H2,1-4H3,(H-,20,21,23,24);1H. The van der Waals surface area contributed by atoms with Gasteiger partial charge in [-0.25, -0.2) is 30.7 Å². The van der Waals surface area contributed by atoms with Gasteiger partial charge < -0.3 is 52.4 Å². The number of benzene rings is 9. The number of aromatic nitrogens is 5. The van der Waals surface area contributed by atoms with Crippen LogP contribution in [-0.4, -0.2) is 117 Å². The van der Waals surface area contributed by atoms with Crippen LogP contribution < -0.4 is 54.7 Å². The van der Waals surface area contributed by atoms with E-state index in [0.717, 1.165) is 85.2 Å². The van der Waals surface area contributed by atoms with Crippen LogP contribution in [0.5, 0.6) is 0 Å². The molecule has 25 heteroatoms. The van der Waals surface area contributed by atoms with E-state index in [1.807, 2.05) is 126 Å². The van der Waals surface area contributed by atoms with Crippen molar-refractivity contribution in [3.05, 3.63) is 276 Å². The maximum Gasteiger partial charge on any atom is 0.279 e. The largest absolute Gasteiger partial charge is 1.00 e. The number of fused-ring (bicyclic) bond motifs is 12. The van der Waals surface area contributed by atoms with E-state index >= 15 is 0 Å². The van der Waals surface area contributed by atoms with Gasteiger partial charge in [-0.15, -0.1) is 0 Å². The number of hydrogen-bond acceptors (Lipinski definition) is 12. The van der Waals surface area contributed by atoms with E-state index in [-0.39, 0.29) is 68.4 Å². The number of anilines is 2. The molecule has 0 bridgehead atoms. The number of carbonyl (C=O) groups excluding carboxylic acids is 2. The molecular formula is C78H73ClFN11O10S2. The van der Waals surface area contributed by atoms with Crippen molar-refractivity contribution in [3.8, 4) is 0 Å². The van der Waals surface area contributed by atoms with Crippen molar-refractivity contribution in [2.24, 2.45) is 0 Å². The summed E-state index contributed by atoms with van der Waals surface area (Å²) in [5, 5.41) is 14.5. The van der Waals surface area contributed by atoms with Crippen LogP contribution in [0.2, 0.25) is 0 Å². The number of sulfonamides is 2. The number of H-pyrrole nitrogens is 4. The number of aromatic amines is 4. The zero-order valence-corrected chi connectivity index (χ0v) is 59.2. The molecule has 0 atom stereocenters. The summed E-state index contributed by atoms with van der Waals surface area (Å²) in [5.41, 5.74) is 6.27. The lowest BCUT2D eigenvalue weighted by Crippen LogP contribution is -3.00. The number of rotatable bonds is 14. The monoisotopic (exact) mass is 1440 g/mol. The van der Waals surface area contributed by atoms with E-state index in [1.165, 1.54) is 43.2 Å². The first-order valence-electron chi connectivity index (χ1n) is 32.8. The number of quaternary nitrogens is 1. The highest BCUT2D eigenvalue weighted by Gasteiger charge is 2.21. The van der Waals surface area contributed by atoms with Crippen molar-refractivity contribution in [2.45, 2.75) is 43.0 Å². The van der Waals surface area contributed by atoms with Crippen molar-refractivity contribution in [1.29, 1.82) is 0 Å². The first kappa shape index (κ1) is 73.1. The molecule has 9 aromatic carbocycles. The Bertz CT molecular complexity index is 6100. The van der Waals surface area contributed by atoms with E-state index in [1.54, 1.807) is 85.2 Å². The smallest absolute Gasteiger partial charge is 0.279 e. The van der Waals surface area contributed by atoms with Gasteiger partial charge in [-0.1, -0.05) is 78.9 Å². The minimum absolute atomic E-state index is 0. The molecule has 6 heterocycles. The molecule has 8 N–H and O–H groups in total. The number of carbonyl (C=O) groups is 2. The number of amides is 2. The van der Waals surface area contributed by atoms with Gasteiger partial charge in [-0.3, -0.25) is 33.8 Å². The molecule has 526 valence electrons. The highest BCUT2D eigenvalue weighted by molar-refractivity contribution is 7.89. The number of hydrogen-bond donors (Lipinski definition) is 8. The summed E-state index contributed by atoms with van der Waals surface area (Å²) in [5.74, 6) is -0.879. The molecule has 5 aromatic heterocycles. The van der Waals surface area contributed by atoms with Crippen molar-refractivity contribution in [3.63, 3.8) is 0 Å². The molecule has 0 aliphatic carbocycles. The van der Waals surface area contributed by atoms with Gasteiger partial charge in [0.1, 0.15) is 5.82 Å². The number of pyridine rings is 5. The van der Waals surface area contributed by atoms with Gasteiger partial charge in [0, 0.05) is 114 Å². The minimum atomic E-state index is -3.69. The molecule has 21 nitrogen and oxygen atoms in total. The van der Waals surface area contributed by atoms with Gasteiger partial charge >= 0.3 is 0 Å². The van der Waals surface area contributed by atoms with E-state index in [0.29, 0.717) is 66.7 Å². The Balaban J connectivity index is 0.000000137. The van der Waals surface area contributed by atoms with Crippen LogP contribution in [0, 0.1) is 19.7 Å². The summed E-state index contributed by atoms with van der Waals surface area (Å²) in [7, 11) is -1.35. The van der Waals surface area contributed by atoms with Crippen molar-refractivity contribution in [1.82, 2.24) is 39.3 Å². The summed E-state index contributed by atoms with van der Waals surface area (Å²) in [6, 6.07) is 55.2. The number of halogens is 2. The Morgan fingerprint density at radius 3 is 1.32 bits per heavy atom. The van der Waals surface area contributed by atoms with Gasteiger partial charge in [-0.2, -0.15) is 0 Å². The first-order valence-corrected chi connectivity index (χ1v) is 35.8. The van der Waals surface area contributed by atoms with Gasteiger partial charge in [0.25, 0.3) is 34.1 Å². The molecule has 1 aliphatic rings. The number of likely N-dealkylation sites (tertiary alicyclic amines) is 1. The van der Waals surface area contributed by atoms with Crippen molar-refractivity contribution >= 4 is 130 Å². The fraction of sp³-hybridized carbons (Fsp3) is 0.167. The van der Waals surface area contributed by atoms with Crippen molar-refractivity contribution in [2.75, 3.05) is 64.5 Å². The molecule has 1 saturated heterocycles. The maximum atomic E-state index is 13.4. The lowest BCUT2D eigenvalue weighted by Gasteiger charge is -2.23. The molecule has 1 fully saturated rings. The Morgan fingerprint density at radius 2 is 0.883 bits per heavy atom. The number of likely N-dealkylation sites (N-methyl/N-ethyl adjacent to an activating group) is 1. The summed E-state index contributed by atoms with van der Waals surface area (Å²) >= 11 is 0. The lowest BCUT2D eigenvalue weighted by atomic mass is 10.0. The molecule has 103 heavy (non-hydrogen) atoms. The predicted molar refractivity (Wildman–Crippen MR) is 403 cm³/mol. The van der Waals surface area contributed by atoms with Crippen LogP contribution in [-0.2, 0) is 31.4 Å². The van der Waals surface area contributed by atoms with E-state index in [4.69, 9.17) is 0 Å². The zero-order chi connectivity index (χ0) is 72.0. The summed E-state index contributed by atoms with van der Waals surface area (Å²) in [6.07, 6.45) is 5.59. The Hall–Kier alpha value is -11.1. The first-order chi connectivity index (χ1) is 48.9. The fourth-order valence-electron chi connectivity index (χ4n) is 12.4. The molecule has 2 amide bonds. The zero-order valence-electron chi connectivity index (χ0n) is 56.8. The molecule has 0 saturated carbocycles. The topological polar surface area (TPSA) is 298 Å². The molecular weight excluding hydrogens is 1370 g/mol. The quantitative estimate of drug-likeness (QED) is 0.0375. The summed E-state index contributed by atoms with van der Waals surface area (Å²) < 4.78 is 69.8. The van der Waals surface area contributed by atoms with E-state index < -0.39 is 25.9 Å². The van der Waals surface area contributed by atoms with E-state index in [9.17, 15) is 50.0 Å². The summed E-state index contributed by atoms with van der Waals surface area (Å²) in [4.78, 5) is 91.3. The van der Waals surface area contributed by atoms with Crippen LogP contribution in [0.15, 0.2) is 235 Å². The van der Waals surface area contributed by atoms with Crippen LogP contribution in [0.25, 0.3) is 86.7 Å². The minimum Gasteiger partial charge on any atom is -1.00 e. The second-order valence-electron chi connectivity index (χ2n) is 25.9. The normalized spacial score (nSPS) is 12.5. The molecule has 0 unspecified atom stereocenters.